The number of hydrogen-bond donors (Lipinski definition) is 0. The molecule has 0 aromatic carbocycles. The molecule has 176 valence electrons. The normalized spacial score (nSPS) is 22.2. The number of hydrogen-bond acceptors (Lipinski definition) is 8. The minimum absolute atomic E-state index is 0.0810. The van der Waals surface area contributed by atoms with Crippen molar-refractivity contribution in [2.24, 2.45) is 0 Å². The third kappa shape index (κ3) is 6.79. The van der Waals surface area contributed by atoms with Crippen LogP contribution in [0.1, 0.15) is 34.1 Å². The van der Waals surface area contributed by atoms with E-state index in [2.05, 4.69) is 11.6 Å². The van der Waals surface area contributed by atoms with Gasteiger partial charge in [0, 0.05) is 18.0 Å². The highest BCUT2D eigenvalue weighted by Crippen LogP contribution is 2.34. The quantitative estimate of drug-likeness (QED) is 0.432. The second-order valence-electron chi connectivity index (χ2n) is 8.82. The summed E-state index contributed by atoms with van der Waals surface area (Å²) in [4.78, 5) is 33.0. The second-order valence-corrected chi connectivity index (χ2v) is 11.5. The van der Waals surface area contributed by atoms with E-state index >= 15 is 0 Å². The van der Waals surface area contributed by atoms with Crippen LogP contribution in [0.4, 0.5) is 9.59 Å². The summed E-state index contributed by atoms with van der Waals surface area (Å²) in [6.07, 6.45) is 0.853. The first kappa shape index (κ1) is 24.7. The number of carbonyl (C=O) groups is 2. The maximum atomic E-state index is 12.8. The summed E-state index contributed by atoms with van der Waals surface area (Å²) in [5.41, 5.74) is 0.295. The lowest BCUT2D eigenvalue weighted by Crippen LogP contribution is -2.51. The molecule has 2 fully saturated rings. The van der Waals surface area contributed by atoms with Crippen LogP contribution in [0.3, 0.4) is 0 Å². The van der Waals surface area contributed by atoms with E-state index in [4.69, 9.17) is 14.2 Å². The van der Waals surface area contributed by atoms with Gasteiger partial charge in [-0.05, 0) is 57.0 Å². The van der Waals surface area contributed by atoms with Gasteiger partial charge >= 0.3 is 12.2 Å². The maximum absolute atomic E-state index is 12.8. The molecule has 3 atom stereocenters. The van der Waals surface area contributed by atoms with Crippen molar-refractivity contribution in [1.82, 2.24) is 14.8 Å². The summed E-state index contributed by atoms with van der Waals surface area (Å²) >= 11 is 0. The predicted molar refractivity (Wildman–Crippen MR) is 125 cm³/mol. The molecule has 0 aliphatic carbocycles. The summed E-state index contributed by atoms with van der Waals surface area (Å²) in [7, 11) is 3.15. The van der Waals surface area contributed by atoms with Crippen molar-refractivity contribution < 1.29 is 23.8 Å². The number of aromatic nitrogens is 1. The Bertz CT molecular complexity index is 818. The van der Waals surface area contributed by atoms with Gasteiger partial charge in [-0.1, -0.05) is 29.0 Å². The summed E-state index contributed by atoms with van der Waals surface area (Å²) < 4.78 is 17.0. The Labute approximate surface area is 197 Å². The Morgan fingerprint density at radius 1 is 1.31 bits per heavy atom. The Morgan fingerprint density at radius 3 is 2.78 bits per heavy atom. The van der Waals surface area contributed by atoms with Crippen molar-refractivity contribution in [3.05, 3.63) is 36.5 Å². The van der Waals surface area contributed by atoms with Crippen molar-refractivity contribution in [3.63, 3.8) is 0 Å². The van der Waals surface area contributed by atoms with Gasteiger partial charge in [0.05, 0.1) is 19.2 Å². The summed E-state index contributed by atoms with van der Waals surface area (Å²) in [5.74, 6) is 0. The Morgan fingerprint density at radius 2 is 2.09 bits per heavy atom. The highest BCUT2D eigenvalue weighted by molar-refractivity contribution is 8.76. The number of ether oxygens (including phenoxy) is 3. The number of likely N-dealkylation sites (tertiary alicyclic amines) is 1. The van der Waals surface area contributed by atoms with E-state index in [1.807, 2.05) is 45.9 Å². The molecule has 0 spiro atoms. The van der Waals surface area contributed by atoms with Crippen LogP contribution in [-0.2, 0) is 14.2 Å². The molecule has 3 heterocycles. The molecular weight excluding hydrogens is 450 g/mol. The fourth-order valence-electron chi connectivity index (χ4n) is 3.43. The average molecular weight is 482 g/mol. The number of amides is 2. The molecule has 2 aliphatic heterocycles. The smallest absolute Gasteiger partial charge is 0.412 e. The lowest BCUT2D eigenvalue weighted by atomic mass is 10.1. The van der Waals surface area contributed by atoms with Gasteiger partial charge in [-0.15, -0.1) is 0 Å². The largest absolute Gasteiger partial charge is 0.448 e. The van der Waals surface area contributed by atoms with Crippen molar-refractivity contribution in [2.45, 2.75) is 62.3 Å². The molecule has 0 bridgehead atoms. The second kappa shape index (κ2) is 10.8. The average Bonchev–Trinajstić information content (AvgIpc) is 3.36. The van der Waals surface area contributed by atoms with Crippen molar-refractivity contribution in [1.29, 1.82) is 0 Å². The molecule has 2 unspecified atom stereocenters. The summed E-state index contributed by atoms with van der Waals surface area (Å²) in [5, 5.41) is 0.991. The van der Waals surface area contributed by atoms with Gasteiger partial charge in [0.2, 0.25) is 0 Å². The zero-order valence-electron chi connectivity index (χ0n) is 19.0. The van der Waals surface area contributed by atoms with Crippen molar-refractivity contribution in [2.75, 3.05) is 26.3 Å². The first-order chi connectivity index (χ1) is 15.1. The highest BCUT2D eigenvalue weighted by atomic mass is 33.1. The third-order valence-corrected chi connectivity index (χ3v) is 7.55. The van der Waals surface area contributed by atoms with Crippen LogP contribution in [0.25, 0.3) is 0 Å². The van der Waals surface area contributed by atoms with E-state index in [9.17, 15) is 9.59 Å². The fraction of sp³-hybridized carbons (Fsp3) is 0.591. The molecule has 10 heteroatoms. The lowest BCUT2D eigenvalue weighted by Gasteiger charge is -2.34. The number of pyridine rings is 1. The molecule has 0 saturated carbocycles. The van der Waals surface area contributed by atoms with Crippen LogP contribution >= 0.6 is 21.6 Å². The SMILES string of the molecule is C=C1C[C@@H](C2OCCN2C(=O)OCC(C)SSc2ccccn2)N(C(=O)OC(C)(C)C)C1. The number of nitrogens with zero attached hydrogens (tertiary/aromatic N) is 3. The molecule has 0 N–H and O–H groups in total. The Balaban J connectivity index is 1.54. The van der Waals surface area contributed by atoms with E-state index in [-0.39, 0.29) is 17.9 Å². The molecule has 3 rings (SSSR count). The predicted octanol–water partition coefficient (Wildman–Crippen LogP) is 4.57. The standard InChI is InChI=1S/C22H31N3O5S2/c1-15-12-17(25(13-15)21(27)30-22(3,4)5)19-24(10-11-28-19)20(26)29-14-16(2)31-32-18-8-6-7-9-23-18/h6-9,16-17,19H,1,10-14H2,2-5H3/t16?,17-,19?/m0/s1. The van der Waals surface area contributed by atoms with Crippen molar-refractivity contribution >= 4 is 33.8 Å². The monoisotopic (exact) mass is 481 g/mol. The first-order valence-electron chi connectivity index (χ1n) is 10.6. The topological polar surface area (TPSA) is 81.2 Å². The minimum atomic E-state index is -0.609. The van der Waals surface area contributed by atoms with Gasteiger partial charge in [0.1, 0.15) is 17.2 Å². The fourth-order valence-corrected chi connectivity index (χ4v) is 5.31. The van der Waals surface area contributed by atoms with Gasteiger partial charge in [-0.2, -0.15) is 0 Å². The van der Waals surface area contributed by atoms with Gasteiger partial charge in [-0.25, -0.2) is 14.6 Å². The van der Waals surface area contributed by atoms with E-state index in [1.54, 1.807) is 37.6 Å². The molecule has 2 saturated heterocycles. The van der Waals surface area contributed by atoms with Crippen LogP contribution in [0.15, 0.2) is 41.6 Å². The van der Waals surface area contributed by atoms with Gasteiger partial charge < -0.3 is 14.2 Å². The van der Waals surface area contributed by atoms with Gasteiger partial charge in [-0.3, -0.25) is 9.80 Å². The van der Waals surface area contributed by atoms with E-state index in [0.717, 1.165) is 10.6 Å². The molecule has 2 amide bonds. The van der Waals surface area contributed by atoms with Crippen LogP contribution < -0.4 is 0 Å². The first-order valence-corrected chi connectivity index (χ1v) is 12.8. The van der Waals surface area contributed by atoms with E-state index in [1.165, 1.54) is 0 Å². The van der Waals surface area contributed by atoms with Gasteiger partial charge in [0.15, 0.2) is 6.23 Å². The molecule has 8 nitrogen and oxygen atoms in total. The van der Waals surface area contributed by atoms with Crippen molar-refractivity contribution in [3.8, 4) is 0 Å². The number of rotatable bonds is 6. The van der Waals surface area contributed by atoms with E-state index in [0.29, 0.717) is 26.1 Å². The maximum Gasteiger partial charge on any atom is 0.412 e. The zero-order chi connectivity index (χ0) is 23.3. The molecule has 32 heavy (non-hydrogen) atoms. The zero-order valence-corrected chi connectivity index (χ0v) is 20.6. The third-order valence-electron chi connectivity index (χ3n) is 4.79. The lowest BCUT2D eigenvalue weighted by molar-refractivity contribution is -0.0355. The van der Waals surface area contributed by atoms with Crippen LogP contribution in [0.5, 0.6) is 0 Å². The summed E-state index contributed by atoms with van der Waals surface area (Å²) in [6.45, 7) is 13.0. The molecule has 0 radical (unpaired) electrons. The molecule has 1 aromatic heterocycles. The summed E-state index contributed by atoms with van der Waals surface area (Å²) in [6, 6.07) is 5.40. The molecular formula is C22H31N3O5S2. The molecule has 1 aromatic rings. The number of carbonyl (C=O) groups excluding carboxylic acids is 2. The Hall–Kier alpha value is -1.91. The highest BCUT2D eigenvalue weighted by Gasteiger charge is 2.45. The van der Waals surface area contributed by atoms with Crippen LogP contribution in [0.2, 0.25) is 0 Å². The minimum Gasteiger partial charge on any atom is -0.448 e. The van der Waals surface area contributed by atoms with Crippen LogP contribution in [-0.4, -0.2) is 76.4 Å². The van der Waals surface area contributed by atoms with Crippen LogP contribution in [0, 0.1) is 0 Å². The van der Waals surface area contributed by atoms with Gasteiger partial charge in [0.25, 0.3) is 0 Å². The molecule has 2 aliphatic rings. The Kier molecular flexibility index (Phi) is 8.35. The van der Waals surface area contributed by atoms with E-state index < -0.39 is 24.0 Å².